The Morgan fingerprint density at radius 3 is 3.06 bits per heavy atom. The predicted molar refractivity (Wildman–Crippen MR) is 67.2 cm³/mol. The Balaban J connectivity index is 1.92. The van der Waals surface area contributed by atoms with Crippen molar-refractivity contribution < 1.29 is 4.79 Å². The van der Waals surface area contributed by atoms with Crippen molar-refractivity contribution >= 4 is 17.4 Å². The first kappa shape index (κ1) is 12.4. The summed E-state index contributed by atoms with van der Waals surface area (Å²) in [7, 11) is 0. The molecule has 1 amide bonds. The first-order valence-electron chi connectivity index (χ1n) is 5.99. The number of amides is 1. The number of rotatable bonds is 3. The summed E-state index contributed by atoms with van der Waals surface area (Å²) < 4.78 is 3.78. The van der Waals surface area contributed by atoms with E-state index in [-0.39, 0.29) is 11.9 Å². The van der Waals surface area contributed by atoms with Crippen molar-refractivity contribution in [3.05, 3.63) is 10.6 Å². The Hall–Kier alpha value is -1.01. The molecule has 1 aliphatic rings. The molecular formula is C11H18N4OS. The topological polar surface area (TPSA) is 66.9 Å². The predicted octanol–water partition coefficient (Wildman–Crippen LogP) is 0.964. The highest BCUT2D eigenvalue weighted by atomic mass is 32.1. The van der Waals surface area contributed by atoms with E-state index in [0.29, 0.717) is 16.5 Å². The number of aryl methyl sites for hydroxylation is 1. The Morgan fingerprint density at radius 1 is 1.65 bits per heavy atom. The molecule has 1 aromatic heterocycles. The van der Waals surface area contributed by atoms with E-state index in [1.165, 1.54) is 12.8 Å². The Kier molecular flexibility index (Phi) is 4.06. The number of nitrogens with one attached hydrogen (secondary N) is 2. The van der Waals surface area contributed by atoms with Crippen LogP contribution in [0.3, 0.4) is 0 Å². The van der Waals surface area contributed by atoms with Crippen LogP contribution in [-0.4, -0.2) is 34.6 Å². The van der Waals surface area contributed by atoms with Crippen molar-refractivity contribution in [2.45, 2.75) is 32.7 Å². The van der Waals surface area contributed by atoms with Crippen LogP contribution in [0.1, 0.15) is 35.1 Å². The molecule has 2 heterocycles. The van der Waals surface area contributed by atoms with Crippen LogP contribution in [0.5, 0.6) is 0 Å². The van der Waals surface area contributed by atoms with Crippen molar-refractivity contribution in [1.82, 2.24) is 20.2 Å². The first-order chi connectivity index (χ1) is 8.18. The number of piperidine rings is 1. The average Bonchev–Trinajstić information content (AvgIpc) is 2.76. The largest absolute Gasteiger partial charge is 0.348 e. The Bertz CT molecular complexity index is 387. The van der Waals surface area contributed by atoms with Gasteiger partial charge in [0, 0.05) is 6.04 Å². The van der Waals surface area contributed by atoms with Gasteiger partial charge >= 0.3 is 0 Å². The molecule has 0 bridgehead atoms. The Morgan fingerprint density at radius 2 is 2.47 bits per heavy atom. The second-order valence-corrected chi connectivity index (χ2v) is 5.31. The summed E-state index contributed by atoms with van der Waals surface area (Å²) in [6.45, 7) is 5.96. The minimum Gasteiger partial charge on any atom is -0.348 e. The summed E-state index contributed by atoms with van der Waals surface area (Å²) >= 11 is 1.16. The van der Waals surface area contributed by atoms with Gasteiger partial charge in [0.2, 0.25) is 0 Å². The van der Waals surface area contributed by atoms with Crippen molar-refractivity contribution in [2.24, 2.45) is 5.92 Å². The summed E-state index contributed by atoms with van der Waals surface area (Å²) in [6, 6.07) is 0.191. The molecule has 1 aliphatic heterocycles. The van der Waals surface area contributed by atoms with Crippen LogP contribution < -0.4 is 10.6 Å². The third kappa shape index (κ3) is 3.01. The monoisotopic (exact) mass is 254 g/mol. The molecule has 0 aromatic carbocycles. The zero-order valence-electron chi connectivity index (χ0n) is 10.2. The summed E-state index contributed by atoms with van der Waals surface area (Å²) in [5.41, 5.74) is 0.710. The smallest absolute Gasteiger partial charge is 0.265 e. The normalized spacial score (nSPS) is 22.1. The summed E-state index contributed by atoms with van der Waals surface area (Å²) in [5, 5.41) is 10.3. The van der Waals surface area contributed by atoms with Gasteiger partial charge < -0.3 is 10.6 Å². The van der Waals surface area contributed by atoms with Gasteiger partial charge in [0.05, 0.1) is 5.69 Å². The molecule has 0 saturated carbocycles. The van der Waals surface area contributed by atoms with Gasteiger partial charge in [-0.3, -0.25) is 4.79 Å². The third-order valence-corrected chi connectivity index (χ3v) is 4.09. The lowest BCUT2D eigenvalue weighted by Gasteiger charge is -2.28. The minimum atomic E-state index is -0.0458. The molecule has 17 heavy (non-hydrogen) atoms. The van der Waals surface area contributed by atoms with Crippen molar-refractivity contribution in [1.29, 1.82) is 0 Å². The van der Waals surface area contributed by atoms with E-state index in [1.807, 2.05) is 6.92 Å². The van der Waals surface area contributed by atoms with Crippen LogP contribution in [-0.2, 0) is 0 Å². The Labute approximate surface area is 105 Å². The SMILES string of the molecule is Cc1nnsc1C(=O)NC(C)C1CCCNC1. The van der Waals surface area contributed by atoms with Crippen LogP contribution in [0.2, 0.25) is 0 Å². The van der Waals surface area contributed by atoms with E-state index in [0.717, 1.165) is 24.6 Å². The molecule has 6 heteroatoms. The highest BCUT2D eigenvalue weighted by molar-refractivity contribution is 7.07. The second-order valence-electron chi connectivity index (χ2n) is 4.56. The molecule has 2 N–H and O–H groups in total. The lowest BCUT2D eigenvalue weighted by atomic mass is 9.93. The van der Waals surface area contributed by atoms with Crippen molar-refractivity contribution in [2.75, 3.05) is 13.1 Å². The average molecular weight is 254 g/mol. The van der Waals surface area contributed by atoms with E-state index < -0.39 is 0 Å². The highest BCUT2D eigenvalue weighted by Gasteiger charge is 2.23. The quantitative estimate of drug-likeness (QED) is 0.843. The second kappa shape index (κ2) is 5.55. The van der Waals surface area contributed by atoms with Crippen molar-refractivity contribution in [3.63, 3.8) is 0 Å². The van der Waals surface area contributed by atoms with E-state index in [2.05, 4.69) is 27.1 Å². The van der Waals surface area contributed by atoms with Crippen LogP contribution in [0.4, 0.5) is 0 Å². The maximum Gasteiger partial charge on any atom is 0.265 e. The van der Waals surface area contributed by atoms with Gasteiger partial charge in [-0.15, -0.1) is 5.10 Å². The number of nitrogens with zero attached hydrogens (tertiary/aromatic N) is 2. The molecule has 2 rings (SSSR count). The van der Waals surface area contributed by atoms with Gasteiger partial charge in [0.25, 0.3) is 5.91 Å². The van der Waals surface area contributed by atoms with Crippen molar-refractivity contribution in [3.8, 4) is 0 Å². The van der Waals surface area contributed by atoms with Gasteiger partial charge in [-0.1, -0.05) is 4.49 Å². The fourth-order valence-electron chi connectivity index (χ4n) is 2.14. The molecule has 2 atom stereocenters. The fourth-order valence-corrected chi connectivity index (χ4v) is 2.70. The van der Waals surface area contributed by atoms with E-state index in [4.69, 9.17) is 0 Å². The summed E-state index contributed by atoms with van der Waals surface area (Å²) in [6.07, 6.45) is 2.36. The van der Waals surface area contributed by atoms with Crippen LogP contribution in [0, 0.1) is 12.8 Å². The summed E-state index contributed by atoms with van der Waals surface area (Å²) in [4.78, 5) is 12.6. The lowest BCUT2D eigenvalue weighted by Crippen LogP contribution is -2.44. The molecule has 1 aromatic rings. The molecule has 2 unspecified atom stereocenters. The van der Waals surface area contributed by atoms with Gasteiger partial charge in [-0.05, 0) is 57.2 Å². The number of hydrogen-bond acceptors (Lipinski definition) is 5. The summed E-state index contributed by atoms with van der Waals surface area (Å²) in [5.74, 6) is 0.476. The number of hydrogen-bond donors (Lipinski definition) is 2. The van der Waals surface area contributed by atoms with Crippen LogP contribution >= 0.6 is 11.5 Å². The van der Waals surface area contributed by atoms with Gasteiger partial charge in [-0.2, -0.15) is 0 Å². The van der Waals surface area contributed by atoms with Crippen LogP contribution in [0.15, 0.2) is 0 Å². The standard InChI is InChI=1S/C11H18N4OS/c1-7(9-4-3-5-12-6-9)13-11(16)10-8(2)14-15-17-10/h7,9,12H,3-6H2,1-2H3,(H,13,16). The number of aromatic nitrogens is 2. The zero-order chi connectivity index (χ0) is 12.3. The third-order valence-electron chi connectivity index (χ3n) is 3.26. The minimum absolute atomic E-state index is 0.0458. The molecule has 0 radical (unpaired) electrons. The van der Waals surface area contributed by atoms with Gasteiger partial charge in [0.1, 0.15) is 4.88 Å². The van der Waals surface area contributed by atoms with Gasteiger partial charge in [-0.25, -0.2) is 0 Å². The molecule has 1 fully saturated rings. The fraction of sp³-hybridized carbons (Fsp3) is 0.727. The first-order valence-corrected chi connectivity index (χ1v) is 6.76. The maximum absolute atomic E-state index is 12.0. The maximum atomic E-state index is 12.0. The van der Waals surface area contributed by atoms with E-state index in [9.17, 15) is 4.79 Å². The van der Waals surface area contributed by atoms with E-state index >= 15 is 0 Å². The molecule has 0 aliphatic carbocycles. The van der Waals surface area contributed by atoms with E-state index in [1.54, 1.807) is 0 Å². The molecule has 0 spiro atoms. The molecular weight excluding hydrogens is 236 g/mol. The molecule has 1 saturated heterocycles. The van der Waals surface area contributed by atoms with Gasteiger partial charge in [0.15, 0.2) is 0 Å². The lowest BCUT2D eigenvalue weighted by molar-refractivity contribution is 0.0925. The number of carbonyl (C=O) groups excluding carboxylic acids is 1. The zero-order valence-corrected chi connectivity index (χ0v) is 11.0. The van der Waals surface area contributed by atoms with Crippen LogP contribution in [0.25, 0.3) is 0 Å². The highest BCUT2D eigenvalue weighted by Crippen LogP contribution is 2.15. The molecule has 5 nitrogen and oxygen atoms in total. The number of carbonyl (C=O) groups is 1. The molecule has 94 valence electrons.